The average Bonchev–Trinajstić information content (AvgIpc) is 2.22. The van der Waals surface area contributed by atoms with Crippen LogP contribution < -0.4 is 18.6 Å². The van der Waals surface area contributed by atoms with Crippen molar-refractivity contribution in [3.8, 4) is 0 Å². The monoisotopic (exact) mass is 953 g/mol. The second-order valence-corrected chi connectivity index (χ2v) is 19.1. The summed E-state index contributed by atoms with van der Waals surface area (Å²) in [4.78, 5) is 21.0. The van der Waals surface area contributed by atoms with Crippen molar-refractivity contribution in [3.63, 3.8) is 0 Å². The SMILES string of the molecule is CC(=O)N(C)C.CC(C)=O.CNC.I.II.I[I-]I. The number of halogens is 6. The third-order valence-electron chi connectivity index (χ3n) is 0.630. The summed E-state index contributed by atoms with van der Waals surface area (Å²) in [5.41, 5.74) is 0. The standard InChI is InChI=1S/C4H9NO.C3H6O.C2H7N.I3.I2.HI/c1-4(6)5(2)3;1-3(2)4;2*1-3-2;1-2;/h1-3H3;1-2H3;3H,1-2H3;;;1H/q;;;-1;;. The maximum atomic E-state index is 10.1. The Morgan fingerprint density at radius 3 is 1.05 bits per heavy atom. The molecule has 124 valence electrons. The molecule has 0 aromatic rings. The van der Waals surface area contributed by atoms with E-state index in [-0.39, 0.29) is 35.7 Å². The number of hydrogen-bond donors (Lipinski definition) is 1. The number of nitrogens with one attached hydrogen (secondary N) is 1. The Labute approximate surface area is 188 Å². The van der Waals surface area contributed by atoms with Crippen LogP contribution in [0.15, 0.2) is 0 Å². The number of nitrogens with zero attached hydrogens (tertiary/aromatic N) is 1. The topological polar surface area (TPSA) is 49.4 Å². The Kier molecular flexibility index (Phi) is 86.4. The predicted octanol–water partition coefficient (Wildman–Crippen LogP) is 1.69. The quantitative estimate of drug-likeness (QED) is 0.377. The molecule has 1 amide bonds. The van der Waals surface area contributed by atoms with Crippen LogP contribution >= 0.6 is 98.4 Å². The van der Waals surface area contributed by atoms with Gasteiger partial charge in [-0.25, -0.2) is 0 Å². The Bertz CT molecular complexity index is 156. The molecule has 0 fully saturated rings. The molecule has 0 heterocycles. The molecule has 4 nitrogen and oxygen atoms in total. The number of hydrogen-bond acceptors (Lipinski definition) is 3. The van der Waals surface area contributed by atoms with Crippen molar-refractivity contribution in [2.75, 3.05) is 28.2 Å². The summed E-state index contributed by atoms with van der Waals surface area (Å²) < 4.78 is 0. The van der Waals surface area contributed by atoms with E-state index in [0.29, 0.717) is 13.3 Å². The molecule has 0 saturated carbocycles. The third-order valence-corrected chi connectivity index (χ3v) is 0.630. The zero-order valence-electron chi connectivity index (χ0n) is 12.1. The van der Waals surface area contributed by atoms with Gasteiger partial charge >= 0.3 is 50.5 Å². The first-order chi connectivity index (χ1) is 8.20. The van der Waals surface area contributed by atoms with Crippen molar-refractivity contribution in [2.24, 2.45) is 0 Å². The fourth-order valence-electron chi connectivity index (χ4n) is 0. The van der Waals surface area contributed by atoms with E-state index in [1.54, 1.807) is 14.1 Å². The summed E-state index contributed by atoms with van der Waals surface area (Å²) in [6.45, 7) is 4.58. The zero-order valence-corrected chi connectivity index (χ0v) is 25.2. The van der Waals surface area contributed by atoms with E-state index in [1.807, 2.05) is 14.1 Å². The molecular weight excluding hydrogens is 930 g/mol. The van der Waals surface area contributed by atoms with Gasteiger partial charge in [-0.05, 0) is 27.9 Å². The number of rotatable bonds is 0. The van der Waals surface area contributed by atoms with E-state index in [1.165, 1.54) is 25.7 Å². The van der Waals surface area contributed by atoms with E-state index in [9.17, 15) is 9.59 Å². The fraction of sp³-hybridized carbons (Fsp3) is 0.778. The number of ketones is 1. The van der Waals surface area contributed by atoms with Gasteiger partial charge in [-0.15, -0.1) is 24.0 Å². The van der Waals surface area contributed by atoms with Crippen molar-refractivity contribution in [2.45, 2.75) is 20.8 Å². The van der Waals surface area contributed by atoms with Crippen LogP contribution in [0.3, 0.4) is 0 Å². The van der Waals surface area contributed by atoms with Crippen LogP contribution in [-0.4, -0.2) is 44.8 Å². The molecule has 0 atom stereocenters. The van der Waals surface area contributed by atoms with E-state index in [0.717, 1.165) is 0 Å². The molecule has 0 aliphatic carbocycles. The molecule has 0 rings (SSSR count). The summed E-state index contributed by atoms with van der Waals surface area (Å²) >= 11 is 9.54. The van der Waals surface area contributed by atoms with Gasteiger partial charge in [0.05, 0.1) is 0 Å². The van der Waals surface area contributed by atoms with Crippen LogP contribution in [0.1, 0.15) is 20.8 Å². The van der Waals surface area contributed by atoms with Crippen molar-refractivity contribution < 1.29 is 22.8 Å². The van der Waals surface area contributed by atoms with Crippen molar-refractivity contribution in [1.29, 1.82) is 0 Å². The Balaban J connectivity index is -0.0000000290. The molecule has 19 heavy (non-hydrogen) atoms. The average molecular weight is 953 g/mol. The van der Waals surface area contributed by atoms with Crippen LogP contribution in [0.5, 0.6) is 0 Å². The Hall–Kier alpha value is 3.48. The van der Waals surface area contributed by atoms with Crippen LogP contribution in [0.2, 0.25) is 0 Å². The molecule has 0 bridgehead atoms. The second-order valence-electron chi connectivity index (χ2n) is 2.88. The van der Waals surface area contributed by atoms with E-state index in [4.69, 9.17) is 0 Å². The first kappa shape index (κ1) is 38.2. The number of carbonyl (C=O) groups is 2. The van der Waals surface area contributed by atoms with Crippen LogP contribution in [0.25, 0.3) is 0 Å². The van der Waals surface area contributed by atoms with E-state index in [2.05, 4.69) is 79.8 Å². The molecule has 10 heteroatoms. The van der Waals surface area contributed by atoms with E-state index >= 15 is 0 Å². The minimum absolute atomic E-state index is 0. The van der Waals surface area contributed by atoms with Crippen molar-refractivity contribution in [1.82, 2.24) is 10.2 Å². The molecule has 0 saturated heterocycles. The fourth-order valence-corrected chi connectivity index (χ4v) is 0. The molecule has 0 aliphatic heterocycles. The number of Topliss-reactive ketones (excluding diaryl/α,β-unsaturated/α-hetero) is 1. The van der Waals surface area contributed by atoms with Gasteiger partial charge in [-0.1, -0.05) is 0 Å². The molecule has 0 unspecified atom stereocenters. The molecule has 0 aromatic heterocycles. The van der Waals surface area contributed by atoms with Gasteiger partial charge in [0.15, 0.2) is 0 Å². The minimum atomic E-state index is 0. The van der Waals surface area contributed by atoms with Gasteiger partial charge in [0.25, 0.3) is 0 Å². The summed E-state index contributed by atoms with van der Waals surface area (Å²) in [5, 5.41) is 2.75. The van der Waals surface area contributed by atoms with Gasteiger partial charge < -0.3 is 15.0 Å². The van der Waals surface area contributed by atoms with E-state index < -0.39 is 0 Å². The zero-order chi connectivity index (χ0) is 16.1. The van der Waals surface area contributed by atoms with Gasteiger partial charge in [0.2, 0.25) is 5.91 Å². The van der Waals surface area contributed by atoms with Gasteiger partial charge in [0, 0.05) is 58.3 Å². The second kappa shape index (κ2) is 43.0. The molecule has 0 aliphatic rings. The molecule has 0 spiro atoms. The van der Waals surface area contributed by atoms with Crippen LogP contribution in [0.4, 0.5) is 0 Å². The maximum absolute atomic E-state index is 10.1. The van der Waals surface area contributed by atoms with Crippen molar-refractivity contribution in [3.05, 3.63) is 0 Å². The molecule has 1 N–H and O–H groups in total. The Morgan fingerprint density at radius 1 is 1.00 bits per heavy atom. The van der Waals surface area contributed by atoms with Crippen LogP contribution in [0, 0.1) is 0 Å². The first-order valence-corrected chi connectivity index (χ1v) is 23.3. The number of carbonyl (C=O) groups excluding carboxylic acids is 2. The Morgan fingerprint density at radius 2 is 1.05 bits per heavy atom. The van der Waals surface area contributed by atoms with Gasteiger partial charge in [0.1, 0.15) is 5.78 Å². The summed E-state index contributed by atoms with van der Waals surface area (Å²) in [7, 11) is 7.20. The third kappa shape index (κ3) is 146. The summed E-state index contributed by atoms with van der Waals surface area (Å²) in [5.74, 6) is 0.259. The van der Waals surface area contributed by atoms with Gasteiger partial charge in [-0.2, -0.15) is 0 Å². The number of amides is 1. The first-order valence-electron chi connectivity index (χ1n) is 4.45. The van der Waals surface area contributed by atoms with Gasteiger partial charge in [-0.3, -0.25) is 4.79 Å². The predicted molar refractivity (Wildman–Crippen MR) is 127 cm³/mol. The molecule has 0 radical (unpaired) electrons. The summed E-state index contributed by atoms with van der Waals surface area (Å²) in [6.07, 6.45) is 0. The molecular formula is C9H23I6N2O2-. The summed E-state index contributed by atoms with van der Waals surface area (Å²) in [6, 6.07) is 0. The van der Waals surface area contributed by atoms with Crippen LogP contribution in [-0.2, 0) is 9.59 Å². The molecule has 0 aromatic carbocycles. The normalized spacial score (nSPS) is 6.26. The van der Waals surface area contributed by atoms with Crippen molar-refractivity contribution >= 4 is 110 Å².